The number of nitrogens with one attached hydrogen (secondary N) is 2. The summed E-state index contributed by atoms with van der Waals surface area (Å²) < 4.78 is 11.1. The van der Waals surface area contributed by atoms with E-state index in [1.807, 2.05) is 0 Å². The van der Waals surface area contributed by atoms with Crippen LogP contribution in [0.15, 0.2) is 42.5 Å². The highest BCUT2D eigenvalue weighted by atomic mass is 35.5. The third-order valence-electron chi connectivity index (χ3n) is 4.49. The van der Waals surface area contributed by atoms with Gasteiger partial charge < -0.3 is 14.4 Å². The quantitative estimate of drug-likeness (QED) is 0.788. The first kappa shape index (κ1) is 17.5. The summed E-state index contributed by atoms with van der Waals surface area (Å²) in [5.74, 6) is 0.481. The Morgan fingerprint density at radius 2 is 1.93 bits per heavy atom. The van der Waals surface area contributed by atoms with Crippen molar-refractivity contribution in [2.45, 2.75) is 6.42 Å². The highest BCUT2D eigenvalue weighted by Crippen LogP contribution is 2.36. The van der Waals surface area contributed by atoms with E-state index in [-0.39, 0.29) is 18.2 Å². The van der Waals surface area contributed by atoms with Crippen molar-refractivity contribution in [3.8, 4) is 11.5 Å². The number of carbonyl (C=O) groups is 2. The molecule has 0 aliphatic carbocycles. The van der Waals surface area contributed by atoms with E-state index >= 15 is 0 Å². The van der Waals surface area contributed by atoms with Crippen LogP contribution in [-0.4, -0.2) is 31.6 Å². The molecule has 0 aromatic heterocycles. The number of hydrogen-bond acceptors (Lipinski definition) is 5. The van der Waals surface area contributed by atoms with Crippen LogP contribution >= 0.6 is 11.6 Å². The highest BCUT2D eigenvalue weighted by Gasteiger charge is 2.35. The van der Waals surface area contributed by atoms with Gasteiger partial charge in [-0.2, -0.15) is 0 Å². The number of anilines is 2. The van der Waals surface area contributed by atoms with Crippen molar-refractivity contribution in [2.24, 2.45) is 5.92 Å². The molecule has 4 rings (SSSR count). The van der Waals surface area contributed by atoms with Crippen LogP contribution < -0.4 is 25.2 Å². The maximum atomic E-state index is 12.4. The molecule has 2 aliphatic heterocycles. The topological polar surface area (TPSA) is 79.9 Å². The lowest BCUT2D eigenvalue weighted by Gasteiger charge is -2.22. The number of benzene rings is 2. The number of carbonyl (C=O) groups excluding carboxylic acids is 2. The van der Waals surface area contributed by atoms with Gasteiger partial charge in [0.15, 0.2) is 11.5 Å². The lowest BCUT2D eigenvalue weighted by atomic mass is 10.1. The third kappa shape index (κ3) is 3.78. The number of nitrogens with zero attached hydrogens (tertiary/aromatic N) is 1. The highest BCUT2D eigenvalue weighted by molar-refractivity contribution is 6.30. The largest absolute Gasteiger partial charge is 0.486 e. The predicted molar refractivity (Wildman–Crippen MR) is 101 cm³/mol. The van der Waals surface area contributed by atoms with Crippen molar-refractivity contribution in [1.82, 2.24) is 5.43 Å². The van der Waals surface area contributed by atoms with Gasteiger partial charge in [0.25, 0.3) is 0 Å². The fraction of sp³-hybridized carbons (Fsp3) is 0.263. The molecule has 7 nitrogen and oxygen atoms in total. The number of hydrogen-bond donors (Lipinski definition) is 2. The van der Waals surface area contributed by atoms with E-state index in [1.165, 1.54) is 0 Å². The Morgan fingerprint density at radius 3 is 2.74 bits per heavy atom. The molecule has 0 spiro atoms. The summed E-state index contributed by atoms with van der Waals surface area (Å²) in [5, 5.41) is 0.565. The van der Waals surface area contributed by atoms with Crippen LogP contribution in [0, 0.1) is 5.92 Å². The number of rotatable bonds is 4. The van der Waals surface area contributed by atoms with E-state index in [9.17, 15) is 9.59 Å². The third-order valence-corrected chi connectivity index (χ3v) is 4.72. The molecule has 2 heterocycles. The lowest BCUT2D eigenvalue weighted by Crippen LogP contribution is -2.36. The molecular formula is C19H18ClN3O4. The molecule has 2 N–H and O–H groups in total. The Hall–Kier alpha value is -2.93. The first-order valence-electron chi connectivity index (χ1n) is 8.61. The Labute approximate surface area is 161 Å². The maximum absolute atomic E-state index is 12.4. The normalized spacial score (nSPS) is 18.3. The van der Waals surface area contributed by atoms with Gasteiger partial charge in [0, 0.05) is 29.7 Å². The van der Waals surface area contributed by atoms with E-state index in [1.54, 1.807) is 47.4 Å². The molecule has 2 aromatic carbocycles. The van der Waals surface area contributed by atoms with Crippen LogP contribution in [0.1, 0.15) is 6.42 Å². The molecule has 1 saturated heterocycles. The molecule has 0 bridgehead atoms. The standard InChI is InChI=1S/C19H18ClN3O4/c20-13-2-1-3-14(9-13)21-22-19(25)12-8-18(24)23(11-12)15-4-5-16-17(10-15)27-7-6-26-16/h1-5,9-10,12,21H,6-8,11H2,(H,22,25). The molecule has 0 radical (unpaired) electrons. The lowest BCUT2D eigenvalue weighted by molar-refractivity contribution is -0.125. The first-order chi connectivity index (χ1) is 13.1. The molecule has 2 aromatic rings. The van der Waals surface area contributed by atoms with Crippen LogP contribution in [0.4, 0.5) is 11.4 Å². The zero-order chi connectivity index (χ0) is 18.8. The Kier molecular flexibility index (Phi) is 4.77. The second kappa shape index (κ2) is 7.36. The van der Waals surface area contributed by atoms with Gasteiger partial charge in [-0.05, 0) is 30.3 Å². The summed E-state index contributed by atoms with van der Waals surface area (Å²) in [6.45, 7) is 1.29. The van der Waals surface area contributed by atoms with Crippen LogP contribution in [0.5, 0.6) is 11.5 Å². The first-order valence-corrected chi connectivity index (χ1v) is 8.99. The zero-order valence-electron chi connectivity index (χ0n) is 14.4. The number of fused-ring (bicyclic) bond motifs is 1. The summed E-state index contributed by atoms with van der Waals surface area (Å²) in [6, 6.07) is 12.4. The zero-order valence-corrected chi connectivity index (χ0v) is 15.2. The molecule has 27 heavy (non-hydrogen) atoms. The van der Waals surface area contributed by atoms with Gasteiger partial charge in [-0.1, -0.05) is 17.7 Å². The van der Waals surface area contributed by atoms with Crippen LogP contribution in [0.3, 0.4) is 0 Å². The molecular weight excluding hydrogens is 370 g/mol. The van der Waals surface area contributed by atoms with Crippen molar-refractivity contribution < 1.29 is 19.1 Å². The van der Waals surface area contributed by atoms with Crippen LogP contribution in [0.25, 0.3) is 0 Å². The Balaban J connectivity index is 1.40. The van der Waals surface area contributed by atoms with Crippen LogP contribution in [0.2, 0.25) is 5.02 Å². The van der Waals surface area contributed by atoms with Crippen molar-refractivity contribution in [2.75, 3.05) is 30.1 Å². The van der Waals surface area contributed by atoms with Gasteiger partial charge >= 0.3 is 0 Å². The SMILES string of the molecule is O=C(NNc1cccc(Cl)c1)C1CC(=O)N(c2ccc3c(c2)OCCO3)C1. The summed E-state index contributed by atoms with van der Waals surface area (Å²) in [6.07, 6.45) is 0.150. The van der Waals surface area contributed by atoms with Gasteiger partial charge in [0.05, 0.1) is 11.6 Å². The predicted octanol–water partition coefficient (Wildman–Crippen LogP) is 2.61. The molecule has 1 fully saturated rings. The van der Waals surface area contributed by atoms with Gasteiger partial charge in [-0.3, -0.25) is 20.4 Å². The van der Waals surface area contributed by atoms with Crippen LogP contribution in [-0.2, 0) is 9.59 Å². The van der Waals surface area contributed by atoms with Gasteiger partial charge in [0.1, 0.15) is 13.2 Å². The van der Waals surface area contributed by atoms with Crippen molar-refractivity contribution in [3.63, 3.8) is 0 Å². The molecule has 8 heteroatoms. The average Bonchev–Trinajstić information content (AvgIpc) is 3.07. The maximum Gasteiger partial charge on any atom is 0.243 e. The second-order valence-corrected chi connectivity index (χ2v) is 6.79. The number of hydrazine groups is 1. The minimum Gasteiger partial charge on any atom is -0.486 e. The van der Waals surface area contributed by atoms with Gasteiger partial charge in [-0.25, -0.2) is 0 Å². The second-order valence-electron chi connectivity index (χ2n) is 6.36. The molecule has 0 saturated carbocycles. The van der Waals surface area contributed by atoms with Crippen molar-refractivity contribution >= 4 is 34.8 Å². The van der Waals surface area contributed by atoms with Crippen molar-refractivity contribution in [3.05, 3.63) is 47.5 Å². The summed E-state index contributed by atoms with van der Waals surface area (Å²) in [7, 11) is 0. The van der Waals surface area contributed by atoms with E-state index in [0.29, 0.717) is 47.7 Å². The fourth-order valence-electron chi connectivity index (χ4n) is 3.13. The smallest absolute Gasteiger partial charge is 0.243 e. The summed E-state index contributed by atoms with van der Waals surface area (Å²) >= 11 is 5.92. The molecule has 140 valence electrons. The Bertz CT molecular complexity index is 889. The van der Waals surface area contributed by atoms with E-state index in [4.69, 9.17) is 21.1 Å². The number of halogens is 1. The number of ether oxygens (including phenoxy) is 2. The van der Waals surface area contributed by atoms with E-state index in [0.717, 1.165) is 0 Å². The van der Waals surface area contributed by atoms with E-state index < -0.39 is 5.92 Å². The van der Waals surface area contributed by atoms with Gasteiger partial charge in [0.2, 0.25) is 11.8 Å². The molecule has 1 atom stereocenters. The Morgan fingerprint density at radius 1 is 1.11 bits per heavy atom. The summed E-state index contributed by atoms with van der Waals surface area (Å²) in [4.78, 5) is 26.4. The molecule has 2 aliphatic rings. The fourth-order valence-corrected chi connectivity index (χ4v) is 3.33. The average molecular weight is 388 g/mol. The van der Waals surface area contributed by atoms with Crippen molar-refractivity contribution in [1.29, 1.82) is 0 Å². The molecule has 1 unspecified atom stereocenters. The minimum atomic E-state index is -0.447. The minimum absolute atomic E-state index is 0.102. The number of amides is 2. The molecule has 2 amide bonds. The van der Waals surface area contributed by atoms with E-state index in [2.05, 4.69) is 10.9 Å². The monoisotopic (exact) mass is 387 g/mol. The summed E-state index contributed by atoms with van der Waals surface area (Å²) in [5.41, 5.74) is 6.83. The van der Waals surface area contributed by atoms with Gasteiger partial charge in [-0.15, -0.1) is 0 Å².